The van der Waals surface area contributed by atoms with Crippen LogP contribution in [0, 0.1) is 13.8 Å². The summed E-state index contributed by atoms with van der Waals surface area (Å²) < 4.78 is 7.28. The van der Waals surface area contributed by atoms with E-state index < -0.39 is 12.1 Å². The Bertz CT molecular complexity index is 1180. The van der Waals surface area contributed by atoms with E-state index in [0.717, 1.165) is 28.0 Å². The first-order chi connectivity index (χ1) is 15.9. The molecular formula is C27H28N3O3+. The number of nitrogens with one attached hydrogen (secondary N) is 2. The number of carbonyl (C=O) groups is 2. The third-order valence-corrected chi connectivity index (χ3v) is 5.60. The van der Waals surface area contributed by atoms with E-state index in [1.54, 1.807) is 10.8 Å². The highest BCUT2D eigenvalue weighted by Crippen LogP contribution is 2.26. The number of nitrogens with zero attached hydrogens (tertiary/aromatic N) is 1. The first-order valence-corrected chi connectivity index (χ1v) is 11.1. The summed E-state index contributed by atoms with van der Waals surface area (Å²) in [7, 11) is 0. The zero-order chi connectivity index (χ0) is 23.4. The smallest absolute Gasteiger partial charge is 0.304 e. The van der Waals surface area contributed by atoms with Crippen LogP contribution in [0.4, 0.5) is 0 Å². The quantitative estimate of drug-likeness (QED) is 0.572. The van der Waals surface area contributed by atoms with Crippen molar-refractivity contribution in [1.29, 1.82) is 0 Å². The molecule has 168 valence electrons. The van der Waals surface area contributed by atoms with E-state index in [4.69, 9.17) is 4.74 Å². The Balaban J connectivity index is 1.67. The van der Waals surface area contributed by atoms with Gasteiger partial charge in [0.1, 0.15) is 5.75 Å². The van der Waals surface area contributed by atoms with Crippen LogP contribution in [-0.4, -0.2) is 35.4 Å². The summed E-state index contributed by atoms with van der Waals surface area (Å²) >= 11 is 0. The molecule has 0 saturated carbocycles. The molecule has 1 heterocycles. The summed E-state index contributed by atoms with van der Waals surface area (Å²) in [5, 5.41) is 2.94. The topological polar surface area (TPSA) is 70.4 Å². The zero-order valence-corrected chi connectivity index (χ0v) is 19.0. The van der Waals surface area contributed by atoms with Crippen molar-refractivity contribution in [2.24, 2.45) is 0 Å². The van der Waals surface area contributed by atoms with Crippen molar-refractivity contribution in [1.82, 2.24) is 10.7 Å². The summed E-state index contributed by atoms with van der Waals surface area (Å²) in [6.07, 6.45) is 1.87. The third kappa shape index (κ3) is 5.12. The molecule has 6 heteroatoms. The number of carbonyl (C=O) groups excluding carboxylic acids is 2. The van der Waals surface area contributed by atoms with E-state index >= 15 is 0 Å². The maximum atomic E-state index is 13.0. The molecule has 3 aromatic carbocycles. The van der Waals surface area contributed by atoms with Crippen molar-refractivity contribution in [3.05, 3.63) is 101 Å². The van der Waals surface area contributed by atoms with Crippen molar-refractivity contribution >= 4 is 18.0 Å². The van der Waals surface area contributed by atoms with Crippen LogP contribution < -0.4 is 15.5 Å². The molecule has 4 rings (SSSR count). The maximum Gasteiger partial charge on any atom is 0.304 e. The Morgan fingerprint density at radius 1 is 1.03 bits per heavy atom. The minimum absolute atomic E-state index is 0.260. The molecule has 33 heavy (non-hydrogen) atoms. The number of hydrazine groups is 1. The van der Waals surface area contributed by atoms with Gasteiger partial charge in [0.25, 0.3) is 5.91 Å². The van der Waals surface area contributed by atoms with Crippen molar-refractivity contribution < 1.29 is 19.0 Å². The molecule has 2 atom stereocenters. The average molecular weight is 443 g/mol. The monoisotopic (exact) mass is 442 g/mol. The summed E-state index contributed by atoms with van der Waals surface area (Å²) in [6, 6.07) is 21.8. The average Bonchev–Trinajstić information content (AvgIpc) is 3.10. The van der Waals surface area contributed by atoms with Crippen LogP contribution in [0.2, 0.25) is 0 Å². The lowest BCUT2D eigenvalue weighted by Crippen LogP contribution is -2.42. The van der Waals surface area contributed by atoms with Crippen molar-refractivity contribution in [2.45, 2.75) is 32.9 Å². The normalized spacial score (nSPS) is 18.8. The van der Waals surface area contributed by atoms with Crippen LogP contribution in [0.5, 0.6) is 5.75 Å². The lowest BCUT2D eigenvalue weighted by atomic mass is 9.98. The second-order valence-electron chi connectivity index (χ2n) is 8.19. The van der Waals surface area contributed by atoms with Gasteiger partial charge in [-0.2, -0.15) is 0 Å². The molecule has 1 aliphatic heterocycles. The Labute approximate surface area is 193 Å². The molecular weight excluding hydrogens is 414 g/mol. The summed E-state index contributed by atoms with van der Waals surface area (Å²) in [5.74, 6) is 0.251. The molecule has 0 bridgehead atoms. The van der Waals surface area contributed by atoms with Crippen molar-refractivity contribution in [3.8, 4) is 5.75 Å². The fourth-order valence-electron chi connectivity index (χ4n) is 3.93. The Morgan fingerprint density at radius 3 is 2.42 bits per heavy atom. The van der Waals surface area contributed by atoms with E-state index in [9.17, 15) is 9.59 Å². The van der Waals surface area contributed by atoms with Crippen LogP contribution in [-0.2, 0) is 4.79 Å². The first kappa shape index (κ1) is 22.3. The standard InChI is InChI=1S/C27H27N3O3/c1-4-33-23-14-10-20(11-15-23)17-30-25(21-12-8-18(2)9-13-21)24(27(32)29-30)28-26(31)22-7-5-6-19(3)16-22/h5-17,24-25H,4H2,1-3H3,(H-,28,29,31,32)/p+1/b30-17-/t24-,25-/m1/s1. The fourth-order valence-corrected chi connectivity index (χ4v) is 3.93. The number of amides is 2. The van der Waals surface area contributed by atoms with E-state index in [0.29, 0.717) is 12.2 Å². The molecule has 1 fully saturated rings. The van der Waals surface area contributed by atoms with Gasteiger partial charge in [-0.15, -0.1) is 10.1 Å². The Morgan fingerprint density at radius 2 is 1.76 bits per heavy atom. The SMILES string of the molecule is CCOc1ccc(/C=[N+]2\NC(=O)[C@H](NC(=O)c3cccc(C)c3)[C@H]2c2ccc(C)cc2)cc1. The molecule has 0 aliphatic carbocycles. The van der Waals surface area contributed by atoms with E-state index in [1.165, 1.54) is 0 Å². The number of hydrazone groups is 1. The Kier molecular flexibility index (Phi) is 6.54. The largest absolute Gasteiger partial charge is 0.494 e. The highest BCUT2D eigenvalue weighted by Gasteiger charge is 2.47. The number of ether oxygens (including phenoxy) is 1. The lowest BCUT2D eigenvalue weighted by molar-refractivity contribution is -0.596. The van der Waals surface area contributed by atoms with Gasteiger partial charge in [-0.05, 0) is 57.2 Å². The zero-order valence-electron chi connectivity index (χ0n) is 19.0. The van der Waals surface area contributed by atoms with Gasteiger partial charge in [-0.25, -0.2) is 0 Å². The number of hydrogen-bond donors (Lipinski definition) is 2. The molecule has 0 spiro atoms. The van der Waals surface area contributed by atoms with Crippen LogP contribution in [0.1, 0.15) is 45.6 Å². The van der Waals surface area contributed by atoms with Gasteiger partial charge in [0, 0.05) is 16.7 Å². The van der Waals surface area contributed by atoms with Crippen LogP contribution >= 0.6 is 0 Å². The molecule has 1 aliphatic rings. The van der Waals surface area contributed by atoms with Crippen molar-refractivity contribution in [3.63, 3.8) is 0 Å². The molecule has 3 aromatic rings. The highest BCUT2D eigenvalue weighted by atomic mass is 16.5. The van der Waals surface area contributed by atoms with Gasteiger partial charge in [-0.1, -0.05) is 47.5 Å². The molecule has 1 saturated heterocycles. The van der Waals surface area contributed by atoms with Crippen LogP contribution in [0.15, 0.2) is 72.8 Å². The van der Waals surface area contributed by atoms with Crippen molar-refractivity contribution in [2.75, 3.05) is 6.61 Å². The second kappa shape index (κ2) is 9.69. The third-order valence-electron chi connectivity index (χ3n) is 5.60. The van der Waals surface area contributed by atoms with E-state index in [1.807, 2.05) is 93.7 Å². The van der Waals surface area contributed by atoms with Gasteiger partial charge >= 0.3 is 5.91 Å². The van der Waals surface area contributed by atoms with Gasteiger partial charge < -0.3 is 10.1 Å². The lowest BCUT2D eigenvalue weighted by Gasteiger charge is -2.15. The van der Waals surface area contributed by atoms with E-state index in [-0.39, 0.29) is 11.8 Å². The number of benzene rings is 3. The van der Waals surface area contributed by atoms with E-state index in [2.05, 4.69) is 10.7 Å². The summed E-state index contributed by atoms with van der Waals surface area (Å²) in [4.78, 5) is 26.0. The first-order valence-electron chi connectivity index (χ1n) is 11.1. The predicted molar refractivity (Wildman–Crippen MR) is 128 cm³/mol. The van der Waals surface area contributed by atoms with Gasteiger partial charge in [0.2, 0.25) is 12.3 Å². The molecule has 2 amide bonds. The minimum atomic E-state index is -0.750. The van der Waals surface area contributed by atoms with Gasteiger partial charge in [0.15, 0.2) is 6.04 Å². The number of hydrogen-bond acceptors (Lipinski definition) is 3. The predicted octanol–water partition coefficient (Wildman–Crippen LogP) is 3.72. The molecule has 0 aromatic heterocycles. The van der Waals surface area contributed by atoms with Crippen LogP contribution in [0.3, 0.4) is 0 Å². The van der Waals surface area contributed by atoms with Gasteiger partial charge in [-0.3, -0.25) is 9.59 Å². The second-order valence-corrected chi connectivity index (χ2v) is 8.19. The molecule has 6 nitrogen and oxygen atoms in total. The summed E-state index contributed by atoms with van der Waals surface area (Å²) in [6.45, 7) is 6.49. The highest BCUT2D eigenvalue weighted by molar-refractivity contribution is 5.98. The van der Waals surface area contributed by atoms with Crippen LogP contribution in [0.25, 0.3) is 0 Å². The number of rotatable bonds is 6. The fraction of sp³-hybridized carbons (Fsp3) is 0.222. The molecule has 2 N–H and O–H groups in total. The maximum absolute atomic E-state index is 13.0. The molecule has 0 unspecified atom stereocenters. The summed E-state index contributed by atoms with van der Waals surface area (Å²) in [5.41, 5.74) is 7.38. The minimum Gasteiger partial charge on any atom is -0.494 e. The molecule has 0 radical (unpaired) electrons. The van der Waals surface area contributed by atoms with Gasteiger partial charge in [0.05, 0.1) is 6.61 Å². The number of aryl methyl sites for hydroxylation is 2. The Hall–Kier alpha value is -3.93.